The molecule has 0 atom stereocenters. The number of carboxylic acids is 1. The van der Waals surface area contributed by atoms with Gasteiger partial charge < -0.3 is 14.8 Å². The summed E-state index contributed by atoms with van der Waals surface area (Å²) < 4.78 is 5.62. The maximum Gasteiger partial charge on any atom is 0.335 e. The van der Waals surface area contributed by atoms with Crippen LogP contribution in [0.15, 0.2) is 40.3 Å². The molecule has 0 aliphatic heterocycles. The first-order chi connectivity index (χ1) is 11.0. The van der Waals surface area contributed by atoms with Crippen LogP contribution in [0.4, 0.5) is 0 Å². The number of likely N-dealkylation sites (N-methyl/N-ethyl adjacent to an activating group) is 1. The van der Waals surface area contributed by atoms with Gasteiger partial charge >= 0.3 is 5.97 Å². The zero-order valence-corrected chi connectivity index (χ0v) is 12.6. The lowest BCUT2D eigenvalue weighted by Crippen LogP contribution is -2.18. The second kappa shape index (κ2) is 6.62. The summed E-state index contributed by atoms with van der Waals surface area (Å²) in [5.41, 5.74) is 1.63. The molecule has 0 saturated carbocycles. The molecule has 2 N–H and O–H groups in total. The fraction of sp³-hybridized carbons (Fsp3) is 0.118. The van der Waals surface area contributed by atoms with Crippen LogP contribution in [0.3, 0.4) is 0 Å². The van der Waals surface area contributed by atoms with E-state index in [9.17, 15) is 9.59 Å². The second-order valence-corrected chi connectivity index (χ2v) is 4.79. The number of rotatable bonds is 4. The standard InChI is InChI=1S/C17H14N2O4/c1-10-7-11(17(21)22)3-5-14(10)15-6-4-13(23-15)8-12(9-18)16(20)19-2/h3-8H,1-2H3,(H,19,20)(H,21,22)/b12-8-. The van der Waals surface area contributed by atoms with Crippen molar-refractivity contribution in [2.24, 2.45) is 0 Å². The summed E-state index contributed by atoms with van der Waals surface area (Å²) in [7, 11) is 1.44. The molecule has 0 saturated heterocycles. The summed E-state index contributed by atoms with van der Waals surface area (Å²) in [6, 6.07) is 9.86. The van der Waals surface area contributed by atoms with E-state index in [4.69, 9.17) is 14.8 Å². The van der Waals surface area contributed by atoms with Gasteiger partial charge in [-0.2, -0.15) is 5.26 Å². The third kappa shape index (κ3) is 3.47. The average molecular weight is 310 g/mol. The first-order valence-electron chi connectivity index (χ1n) is 6.74. The van der Waals surface area contributed by atoms with Crippen molar-refractivity contribution in [3.63, 3.8) is 0 Å². The van der Waals surface area contributed by atoms with Crippen molar-refractivity contribution in [1.29, 1.82) is 5.26 Å². The van der Waals surface area contributed by atoms with Crippen molar-refractivity contribution in [2.75, 3.05) is 7.05 Å². The number of benzene rings is 1. The van der Waals surface area contributed by atoms with E-state index in [1.54, 1.807) is 37.3 Å². The summed E-state index contributed by atoms with van der Waals surface area (Å²) in [6.45, 7) is 1.78. The maximum absolute atomic E-state index is 11.5. The van der Waals surface area contributed by atoms with E-state index >= 15 is 0 Å². The highest BCUT2D eigenvalue weighted by Crippen LogP contribution is 2.27. The molecule has 2 aromatic rings. The van der Waals surface area contributed by atoms with E-state index in [1.165, 1.54) is 19.2 Å². The molecule has 1 amide bonds. The molecule has 0 spiro atoms. The minimum atomic E-state index is -0.994. The molecule has 1 aromatic heterocycles. The Kier molecular flexibility index (Phi) is 4.62. The molecule has 0 aliphatic rings. The van der Waals surface area contributed by atoms with Gasteiger partial charge in [0.15, 0.2) is 0 Å². The zero-order valence-electron chi connectivity index (χ0n) is 12.6. The lowest BCUT2D eigenvalue weighted by atomic mass is 10.0. The Hall–Kier alpha value is -3.33. The third-order valence-electron chi connectivity index (χ3n) is 3.24. The second-order valence-electron chi connectivity index (χ2n) is 4.79. The fourth-order valence-electron chi connectivity index (χ4n) is 2.07. The van der Waals surface area contributed by atoms with Crippen LogP contribution >= 0.6 is 0 Å². The number of amides is 1. The highest BCUT2D eigenvalue weighted by Gasteiger charge is 2.12. The summed E-state index contributed by atoms with van der Waals surface area (Å²) in [5, 5.41) is 20.3. The third-order valence-corrected chi connectivity index (χ3v) is 3.24. The quantitative estimate of drug-likeness (QED) is 0.667. The van der Waals surface area contributed by atoms with Gasteiger partial charge in [0, 0.05) is 18.7 Å². The van der Waals surface area contributed by atoms with Crippen LogP contribution in [0.25, 0.3) is 17.4 Å². The van der Waals surface area contributed by atoms with Crippen molar-refractivity contribution in [1.82, 2.24) is 5.32 Å². The number of carbonyl (C=O) groups is 2. The molecule has 2 rings (SSSR count). The van der Waals surface area contributed by atoms with Gasteiger partial charge in [-0.3, -0.25) is 4.79 Å². The Labute approximate surface area is 132 Å². The van der Waals surface area contributed by atoms with E-state index in [2.05, 4.69) is 5.32 Å². The number of nitriles is 1. The Morgan fingerprint density at radius 3 is 2.61 bits per heavy atom. The van der Waals surface area contributed by atoms with E-state index in [1.807, 2.05) is 0 Å². The van der Waals surface area contributed by atoms with Crippen LogP contribution in [-0.2, 0) is 4.79 Å². The van der Waals surface area contributed by atoms with Gasteiger partial charge in [-0.1, -0.05) is 6.07 Å². The molecule has 0 unspecified atom stereocenters. The summed E-state index contributed by atoms with van der Waals surface area (Å²) >= 11 is 0. The van der Waals surface area contributed by atoms with Crippen LogP contribution < -0.4 is 5.32 Å². The number of nitrogens with zero attached hydrogens (tertiary/aromatic N) is 1. The predicted molar refractivity (Wildman–Crippen MR) is 83.5 cm³/mol. The Morgan fingerprint density at radius 2 is 2.04 bits per heavy atom. The van der Waals surface area contributed by atoms with E-state index < -0.39 is 11.9 Å². The van der Waals surface area contributed by atoms with Crippen molar-refractivity contribution in [3.05, 3.63) is 52.8 Å². The molecular formula is C17H14N2O4. The Morgan fingerprint density at radius 1 is 1.30 bits per heavy atom. The normalized spacial score (nSPS) is 10.9. The fourth-order valence-corrected chi connectivity index (χ4v) is 2.07. The van der Waals surface area contributed by atoms with Crippen LogP contribution in [0, 0.1) is 18.3 Å². The molecule has 6 heteroatoms. The maximum atomic E-state index is 11.5. The number of aryl methyl sites for hydroxylation is 1. The van der Waals surface area contributed by atoms with Crippen LogP contribution in [0.5, 0.6) is 0 Å². The summed E-state index contributed by atoms with van der Waals surface area (Å²) in [5.74, 6) is -0.596. The van der Waals surface area contributed by atoms with Gasteiger partial charge in [0.05, 0.1) is 5.56 Å². The van der Waals surface area contributed by atoms with Crippen molar-refractivity contribution < 1.29 is 19.1 Å². The topological polar surface area (TPSA) is 103 Å². The largest absolute Gasteiger partial charge is 0.478 e. The van der Waals surface area contributed by atoms with Gasteiger partial charge in [-0.05, 0) is 36.8 Å². The molecular weight excluding hydrogens is 296 g/mol. The molecule has 116 valence electrons. The van der Waals surface area contributed by atoms with E-state index in [0.717, 1.165) is 11.1 Å². The number of hydrogen-bond acceptors (Lipinski definition) is 4. The molecule has 0 radical (unpaired) electrons. The molecule has 0 fully saturated rings. The zero-order chi connectivity index (χ0) is 17.0. The van der Waals surface area contributed by atoms with Crippen LogP contribution in [0.1, 0.15) is 21.7 Å². The molecule has 6 nitrogen and oxygen atoms in total. The number of carbonyl (C=O) groups excluding carboxylic acids is 1. The van der Waals surface area contributed by atoms with Gasteiger partial charge in [-0.15, -0.1) is 0 Å². The number of aromatic carboxylic acids is 1. The summed E-state index contributed by atoms with van der Waals surface area (Å²) in [6.07, 6.45) is 1.35. The number of furan rings is 1. The van der Waals surface area contributed by atoms with Gasteiger partial charge in [-0.25, -0.2) is 4.79 Å². The Bertz CT molecular complexity index is 841. The molecule has 1 heterocycles. The van der Waals surface area contributed by atoms with Crippen molar-refractivity contribution in [2.45, 2.75) is 6.92 Å². The smallest absolute Gasteiger partial charge is 0.335 e. The number of nitrogens with one attached hydrogen (secondary N) is 1. The molecule has 23 heavy (non-hydrogen) atoms. The van der Waals surface area contributed by atoms with E-state index in [-0.39, 0.29) is 11.1 Å². The number of carboxylic acid groups (broad SMARTS) is 1. The monoisotopic (exact) mass is 310 g/mol. The van der Waals surface area contributed by atoms with Crippen molar-refractivity contribution in [3.8, 4) is 17.4 Å². The minimum absolute atomic E-state index is 0.0636. The summed E-state index contributed by atoms with van der Waals surface area (Å²) in [4.78, 5) is 22.4. The van der Waals surface area contributed by atoms with Gasteiger partial charge in [0.2, 0.25) is 0 Å². The Balaban J connectivity index is 2.37. The highest BCUT2D eigenvalue weighted by atomic mass is 16.4. The lowest BCUT2D eigenvalue weighted by Gasteiger charge is -2.04. The first kappa shape index (κ1) is 16.0. The van der Waals surface area contributed by atoms with Crippen molar-refractivity contribution >= 4 is 18.0 Å². The van der Waals surface area contributed by atoms with Gasteiger partial charge in [0.1, 0.15) is 23.2 Å². The molecule has 0 bridgehead atoms. The molecule has 1 aromatic carbocycles. The predicted octanol–water partition coefficient (Wildman–Crippen LogP) is 2.61. The average Bonchev–Trinajstić information content (AvgIpc) is 2.99. The SMILES string of the molecule is CNC(=O)/C(C#N)=C\c1ccc(-c2ccc(C(=O)O)cc2C)o1. The molecule has 0 aliphatic carbocycles. The minimum Gasteiger partial charge on any atom is -0.478 e. The number of hydrogen-bond donors (Lipinski definition) is 2. The van der Waals surface area contributed by atoms with Crippen LogP contribution in [-0.4, -0.2) is 24.0 Å². The lowest BCUT2D eigenvalue weighted by molar-refractivity contribution is -0.116. The highest BCUT2D eigenvalue weighted by molar-refractivity contribution is 6.01. The van der Waals surface area contributed by atoms with E-state index in [0.29, 0.717) is 11.5 Å². The first-order valence-corrected chi connectivity index (χ1v) is 6.74. The van der Waals surface area contributed by atoms with Gasteiger partial charge in [0.25, 0.3) is 5.91 Å². The van der Waals surface area contributed by atoms with Crippen LogP contribution in [0.2, 0.25) is 0 Å².